The molecule has 0 saturated carbocycles. The van der Waals surface area contributed by atoms with Crippen LogP contribution in [0.15, 0.2) is 36.5 Å². The van der Waals surface area contributed by atoms with E-state index in [0.29, 0.717) is 5.82 Å². The first kappa shape index (κ1) is 10.4. The molecule has 2 aromatic heterocycles. The van der Waals surface area contributed by atoms with Crippen LogP contribution in [0.25, 0.3) is 22.3 Å². The van der Waals surface area contributed by atoms with Gasteiger partial charge in [0, 0.05) is 17.1 Å². The number of hydrogen-bond acceptors (Lipinski definition) is 6. The highest BCUT2D eigenvalue weighted by molar-refractivity contribution is 5.92. The lowest BCUT2D eigenvalue weighted by Gasteiger charge is -2.05. The van der Waals surface area contributed by atoms with Gasteiger partial charge in [-0.1, -0.05) is 18.2 Å². The highest BCUT2D eigenvalue weighted by atomic mass is 15.1. The number of benzene rings is 1. The number of nitrogens with zero attached hydrogens (tertiary/aromatic N) is 4. The molecule has 3 rings (SSSR count). The van der Waals surface area contributed by atoms with Gasteiger partial charge in [0.15, 0.2) is 5.82 Å². The minimum Gasteiger partial charge on any atom is -0.368 e. The maximum absolute atomic E-state index is 5.58. The first-order valence-corrected chi connectivity index (χ1v) is 5.35. The van der Waals surface area contributed by atoms with Crippen molar-refractivity contribution in [3.05, 3.63) is 36.5 Å². The molecule has 6 heteroatoms. The Hall–Kier alpha value is -2.76. The van der Waals surface area contributed by atoms with Gasteiger partial charge in [0.05, 0.1) is 5.52 Å². The highest BCUT2D eigenvalue weighted by Gasteiger charge is 2.08. The Kier molecular flexibility index (Phi) is 2.26. The molecular formula is C12H10N6. The van der Waals surface area contributed by atoms with Crippen molar-refractivity contribution in [1.29, 1.82) is 0 Å². The number of nitrogen functional groups attached to an aromatic ring is 2. The van der Waals surface area contributed by atoms with E-state index in [4.69, 9.17) is 11.5 Å². The van der Waals surface area contributed by atoms with Crippen LogP contribution in [0.1, 0.15) is 0 Å². The Morgan fingerprint density at radius 1 is 0.833 bits per heavy atom. The van der Waals surface area contributed by atoms with Crippen LogP contribution in [0.3, 0.4) is 0 Å². The molecule has 0 saturated heterocycles. The van der Waals surface area contributed by atoms with Crippen molar-refractivity contribution in [1.82, 2.24) is 19.9 Å². The summed E-state index contributed by atoms with van der Waals surface area (Å²) in [4.78, 5) is 16.2. The van der Waals surface area contributed by atoms with Crippen LogP contribution in [-0.4, -0.2) is 19.9 Å². The molecule has 3 aromatic rings. The van der Waals surface area contributed by atoms with Gasteiger partial charge in [-0.3, -0.25) is 4.98 Å². The molecule has 0 aliphatic heterocycles. The van der Waals surface area contributed by atoms with Gasteiger partial charge in [-0.2, -0.15) is 15.0 Å². The van der Waals surface area contributed by atoms with E-state index in [0.717, 1.165) is 16.5 Å². The molecule has 0 bridgehead atoms. The number of aromatic nitrogens is 4. The van der Waals surface area contributed by atoms with Crippen LogP contribution in [0.2, 0.25) is 0 Å². The van der Waals surface area contributed by atoms with E-state index in [1.165, 1.54) is 0 Å². The molecule has 0 atom stereocenters. The van der Waals surface area contributed by atoms with Gasteiger partial charge in [0.1, 0.15) is 0 Å². The Morgan fingerprint density at radius 2 is 1.61 bits per heavy atom. The van der Waals surface area contributed by atoms with Crippen molar-refractivity contribution in [2.45, 2.75) is 0 Å². The van der Waals surface area contributed by atoms with Crippen molar-refractivity contribution >= 4 is 22.8 Å². The highest BCUT2D eigenvalue weighted by Crippen LogP contribution is 2.25. The van der Waals surface area contributed by atoms with Crippen molar-refractivity contribution in [3.8, 4) is 11.4 Å². The minimum absolute atomic E-state index is 0.110. The van der Waals surface area contributed by atoms with E-state index in [9.17, 15) is 0 Å². The molecule has 0 amide bonds. The average Bonchev–Trinajstić information content (AvgIpc) is 2.37. The first-order valence-electron chi connectivity index (χ1n) is 5.35. The zero-order chi connectivity index (χ0) is 12.5. The van der Waals surface area contributed by atoms with E-state index < -0.39 is 0 Å². The summed E-state index contributed by atoms with van der Waals surface area (Å²) >= 11 is 0. The van der Waals surface area contributed by atoms with Gasteiger partial charge >= 0.3 is 0 Å². The molecule has 18 heavy (non-hydrogen) atoms. The van der Waals surface area contributed by atoms with Crippen molar-refractivity contribution in [3.63, 3.8) is 0 Å². The fraction of sp³-hybridized carbons (Fsp3) is 0. The summed E-state index contributed by atoms with van der Waals surface area (Å²) in [7, 11) is 0. The van der Waals surface area contributed by atoms with Gasteiger partial charge in [0.25, 0.3) is 0 Å². The topological polar surface area (TPSA) is 104 Å². The minimum atomic E-state index is 0.110. The monoisotopic (exact) mass is 238 g/mol. The number of anilines is 2. The van der Waals surface area contributed by atoms with Gasteiger partial charge in [-0.05, 0) is 12.1 Å². The maximum Gasteiger partial charge on any atom is 0.225 e. The normalized spacial score (nSPS) is 10.7. The molecule has 1 aromatic carbocycles. The van der Waals surface area contributed by atoms with E-state index in [1.54, 1.807) is 6.20 Å². The molecule has 0 fully saturated rings. The predicted octanol–water partition coefficient (Wildman–Crippen LogP) is 1.25. The Balaban J connectivity index is 2.31. The Labute approximate surface area is 103 Å². The van der Waals surface area contributed by atoms with Crippen LogP contribution in [0, 0.1) is 0 Å². The SMILES string of the molecule is Nc1nc(N)nc(-c2cccc3ncccc23)n1. The van der Waals surface area contributed by atoms with E-state index in [-0.39, 0.29) is 11.9 Å². The van der Waals surface area contributed by atoms with Gasteiger partial charge in [-0.25, -0.2) is 0 Å². The molecule has 6 nitrogen and oxygen atoms in total. The second-order valence-electron chi connectivity index (χ2n) is 3.75. The second kappa shape index (κ2) is 3.92. The molecule has 0 aliphatic rings. The lowest BCUT2D eigenvalue weighted by atomic mass is 10.1. The van der Waals surface area contributed by atoms with E-state index >= 15 is 0 Å². The van der Waals surface area contributed by atoms with Crippen LogP contribution in [0.5, 0.6) is 0 Å². The number of rotatable bonds is 1. The summed E-state index contributed by atoms with van der Waals surface area (Å²) in [6.07, 6.45) is 1.74. The summed E-state index contributed by atoms with van der Waals surface area (Å²) in [6, 6.07) is 9.53. The molecule has 4 N–H and O–H groups in total. The lowest BCUT2D eigenvalue weighted by Crippen LogP contribution is -2.04. The number of hydrogen-bond donors (Lipinski definition) is 2. The summed E-state index contributed by atoms with van der Waals surface area (Å²) in [5.41, 5.74) is 12.9. The van der Waals surface area contributed by atoms with Gasteiger partial charge in [-0.15, -0.1) is 0 Å². The molecule has 0 radical (unpaired) electrons. The summed E-state index contributed by atoms with van der Waals surface area (Å²) in [5, 5.41) is 0.949. The maximum atomic E-state index is 5.58. The third-order valence-electron chi connectivity index (χ3n) is 2.56. The zero-order valence-corrected chi connectivity index (χ0v) is 9.41. The largest absolute Gasteiger partial charge is 0.368 e. The molecule has 2 heterocycles. The van der Waals surface area contributed by atoms with Gasteiger partial charge in [0.2, 0.25) is 11.9 Å². The van der Waals surface area contributed by atoms with E-state index in [2.05, 4.69) is 19.9 Å². The van der Waals surface area contributed by atoms with E-state index in [1.807, 2.05) is 30.3 Å². The van der Waals surface area contributed by atoms with Crippen LogP contribution < -0.4 is 11.5 Å². The third kappa shape index (κ3) is 1.69. The standard InChI is InChI=1S/C12H10N6/c13-11-16-10(17-12(14)18-11)8-3-1-5-9-7(8)4-2-6-15-9/h1-6H,(H4,13,14,16,17,18). The van der Waals surface area contributed by atoms with Crippen molar-refractivity contribution < 1.29 is 0 Å². The average molecular weight is 238 g/mol. The number of pyridine rings is 1. The summed E-state index contributed by atoms with van der Waals surface area (Å²) in [6.45, 7) is 0. The lowest BCUT2D eigenvalue weighted by molar-refractivity contribution is 1.09. The fourth-order valence-corrected chi connectivity index (χ4v) is 1.83. The molecule has 0 unspecified atom stereocenters. The summed E-state index contributed by atoms with van der Waals surface area (Å²) in [5.74, 6) is 0.676. The quantitative estimate of drug-likeness (QED) is 0.661. The fourth-order valence-electron chi connectivity index (χ4n) is 1.83. The van der Waals surface area contributed by atoms with Gasteiger partial charge < -0.3 is 11.5 Å². The molecular weight excluding hydrogens is 228 g/mol. The Bertz CT molecular complexity index is 699. The van der Waals surface area contributed by atoms with Crippen LogP contribution in [-0.2, 0) is 0 Å². The third-order valence-corrected chi connectivity index (χ3v) is 2.56. The zero-order valence-electron chi connectivity index (χ0n) is 9.41. The first-order chi connectivity index (χ1) is 8.74. The smallest absolute Gasteiger partial charge is 0.225 e. The molecule has 0 spiro atoms. The Morgan fingerprint density at radius 3 is 2.39 bits per heavy atom. The second-order valence-corrected chi connectivity index (χ2v) is 3.75. The molecule has 88 valence electrons. The van der Waals surface area contributed by atoms with Crippen molar-refractivity contribution in [2.24, 2.45) is 0 Å². The number of fused-ring (bicyclic) bond motifs is 1. The summed E-state index contributed by atoms with van der Waals surface area (Å²) < 4.78 is 0. The predicted molar refractivity (Wildman–Crippen MR) is 69.4 cm³/mol. The molecule has 0 aliphatic carbocycles. The van der Waals surface area contributed by atoms with Crippen LogP contribution >= 0.6 is 0 Å². The van der Waals surface area contributed by atoms with Crippen molar-refractivity contribution in [2.75, 3.05) is 11.5 Å². The number of nitrogens with two attached hydrogens (primary N) is 2. The van der Waals surface area contributed by atoms with Crippen LogP contribution in [0.4, 0.5) is 11.9 Å².